The summed E-state index contributed by atoms with van der Waals surface area (Å²) in [5.74, 6) is 0. The van der Waals surface area contributed by atoms with Gasteiger partial charge in [-0.15, -0.1) is 0 Å². The van der Waals surface area contributed by atoms with Crippen LogP contribution in [0, 0.1) is 13.8 Å². The van der Waals surface area contributed by atoms with Gasteiger partial charge in [0.1, 0.15) is 0 Å². The molecule has 2 aromatic carbocycles. The number of halogens is 1. The highest BCUT2D eigenvalue weighted by atomic mass is 35.5. The van der Waals surface area contributed by atoms with E-state index in [4.69, 9.17) is 22.4 Å². The first kappa shape index (κ1) is 16.0. The molecule has 1 aliphatic heterocycles. The van der Waals surface area contributed by atoms with Crippen molar-refractivity contribution in [2.45, 2.75) is 32.7 Å². The van der Waals surface area contributed by atoms with Crippen LogP contribution in [0.4, 0.5) is 5.69 Å². The quantitative estimate of drug-likeness (QED) is 0.890. The SMILES string of the molecule is Cc1ccc(C)c(N2N=C(CCN)CC2c2ccccc2Cl)c1. The first-order valence-electron chi connectivity index (χ1n) is 7.97. The molecule has 0 bridgehead atoms. The van der Waals surface area contributed by atoms with Gasteiger partial charge in [0.2, 0.25) is 0 Å². The van der Waals surface area contributed by atoms with E-state index in [1.807, 2.05) is 18.2 Å². The van der Waals surface area contributed by atoms with E-state index in [1.165, 1.54) is 11.1 Å². The maximum absolute atomic E-state index is 6.45. The molecule has 0 aromatic heterocycles. The van der Waals surface area contributed by atoms with E-state index < -0.39 is 0 Å². The fraction of sp³-hybridized carbons (Fsp3) is 0.316. The molecule has 1 unspecified atom stereocenters. The van der Waals surface area contributed by atoms with Gasteiger partial charge in [-0.05, 0) is 55.6 Å². The fourth-order valence-electron chi connectivity index (χ4n) is 3.07. The smallest absolute Gasteiger partial charge is 0.0842 e. The summed E-state index contributed by atoms with van der Waals surface area (Å²) in [5, 5.41) is 7.77. The highest BCUT2D eigenvalue weighted by Crippen LogP contribution is 2.39. The van der Waals surface area contributed by atoms with Gasteiger partial charge in [-0.2, -0.15) is 5.10 Å². The Labute approximate surface area is 142 Å². The number of nitrogens with zero attached hydrogens (tertiary/aromatic N) is 2. The molecule has 120 valence electrons. The van der Waals surface area contributed by atoms with Crippen molar-refractivity contribution in [2.75, 3.05) is 11.6 Å². The van der Waals surface area contributed by atoms with Gasteiger partial charge in [0, 0.05) is 17.2 Å². The molecule has 3 rings (SSSR count). The molecule has 0 radical (unpaired) electrons. The van der Waals surface area contributed by atoms with Crippen LogP contribution in [-0.2, 0) is 0 Å². The molecule has 0 amide bonds. The molecule has 0 saturated heterocycles. The van der Waals surface area contributed by atoms with Gasteiger partial charge in [0.25, 0.3) is 0 Å². The summed E-state index contributed by atoms with van der Waals surface area (Å²) in [5.41, 5.74) is 11.6. The minimum atomic E-state index is 0.130. The molecular formula is C19H22ClN3. The van der Waals surface area contributed by atoms with Gasteiger partial charge in [-0.3, -0.25) is 5.01 Å². The minimum Gasteiger partial charge on any atom is -0.330 e. The number of hydrogen-bond donors (Lipinski definition) is 1. The Hall–Kier alpha value is -1.84. The number of anilines is 1. The number of benzene rings is 2. The zero-order chi connectivity index (χ0) is 16.4. The van der Waals surface area contributed by atoms with Gasteiger partial charge in [-0.25, -0.2) is 0 Å². The maximum Gasteiger partial charge on any atom is 0.0842 e. The van der Waals surface area contributed by atoms with Crippen molar-refractivity contribution < 1.29 is 0 Å². The van der Waals surface area contributed by atoms with E-state index in [2.05, 4.69) is 43.1 Å². The number of hydrazone groups is 1. The van der Waals surface area contributed by atoms with Crippen molar-refractivity contribution in [1.29, 1.82) is 0 Å². The van der Waals surface area contributed by atoms with Crippen molar-refractivity contribution in [3.05, 3.63) is 64.2 Å². The molecule has 0 fully saturated rings. The van der Waals surface area contributed by atoms with Crippen LogP contribution in [0.3, 0.4) is 0 Å². The molecule has 23 heavy (non-hydrogen) atoms. The Morgan fingerprint density at radius 3 is 2.74 bits per heavy atom. The lowest BCUT2D eigenvalue weighted by molar-refractivity contribution is 0.705. The topological polar surface area (TPSA) is 41.6 Å². The highest BCUT2D eigenvalue weighted by molar-refractivity contribution is 6.31. The highest BCUT2D eigenvalue weighted by Gasteiger charge is 2.30. The van der Waals surface area contributed by atoms with Crippen LogP contribution in [0.5, 0.6) is 0 Å². The molecule has 4 heteroatoms. The molecule has 1 atom stereocenters. The second kappa shape index (κ2) is 6.73. The van der Waals surface area contributed by atoms with Crippen LogP contribution < -0.4 is 10.7 Å². The van der Waals surface area contributed by atoms with Crippen molar-refractivity contribution in [1.82, 2.24) is 0 Å². The largest absolute Gasteiger partial charge is 0.330 e. The van der Waals surface area contributed by atoms with Crippen LogP contribution in [0.2, 0.25) is 5.02 Å². The van der Waals surface area contributed by atoms with Gasteiger partial charge >= 0.3 is 0 Å². The van der Waals surface area contributed by atoms with E-state index in [0.717, 1.165) is 34.8 Å². The zero-order valence-electron chi connectivity index (χ0n) is 13.6. The fourth-order valence-corrected chi connectivity index (χ4v) is 3.33. The minimum absolute atomic E-state index is 0.130. The summed E-state index contributed by atoms with van der Waals surface area (Å²) in [7, 11) is 0. The maximum atomic E-state index is 6.45. The molecule has 1 heterocycles. The normalized spacial score (nSPS) is 17.5. The van der Waals surface area contributed by atoms with Crippen molar-refractivity contribution >= 4 is 23.0 Å². The zero-order valence-corrected chi connectivity index (χ0v) is 14.3. The molecule has 2 N–H and O–H groups in total. The van der Waals surface area contributed by atoms with E-state index in [-0.39, 0.29) is 6.04 Å². The Morgan fingerprint density at radius 1 is 1.22 bits per heavy atom. The summed E-state index contributed by atoms with van der Waals surface area (Å²) in [6.07, 6.45) is 1.69. The van der Waals surface area contributed by atoms with E-state index in [9.17, 15) is 0 Å². The molecule has 3 nitrogen and oxygen atoms in total. The molecule has 0 aliphatic carbocycles. The summed E-state index contributed by atoms with van der Waals surface area (Å²) in [6, 6.07) is 14.6. The van der Waals surface area contributed by atoms with Crippen LogP contribution >= 0.6 is 11.6 Å². The predicted octanol–water partition coefficient (Wildman–Crippen LogP) is 4.61. The number of hydrogen-bond acceptors (Lipinski definition) is 3. The number of aryl methyl sites for hydroxylation is 2. The lowest BCUT2D eigenvalue weighted by Crippen LogP contribution is -2.20. The Morgan fingerprint density at radius 2 is 2.00 bits per heavy atom. The van der Waals surface area contributed by atoms with Gasteiger partial charge < -0.3 is 5.73 Å². The third-order valence-electron chi connectivity index (χ3n) is 4.28. The van der Waals surface area contributed by atoms with Gasteiger partial charge in [-0.1, -0.05) is 41.9 Å². The van der Waals surface area contributed by atoms with E-state index in [0.29, 0.717) is 6.54 Å². The summed E-state index contributed by atoms with van der Waals surface area (Å²) >= 11 is 6.45. The monoisotopic (exact) mass is 327 g/mol. The predicted molar refractivity (Wildman–Crippen MR) is 98.3 cm³/mol. The average molecular weight is 328 g/mol. The lowest BCUT2D eigenvalue weighted by atomic mass is 9.99. The van der Waals surface area contributed by atoms with Crippen molar-refractivity contribution in [3.8, 4) is 0 Å². The van der Waals surface area contributed by atoms with Crippen molar-refractivity contribution in [2.24, 2.45) is 10.8 Å². The number of nitrogens with two attached hydrogens (primary N) is 1. The molecule has 1 aliphatic rings. The summed E-state index contributed by atoms with van der Waals surface area (Å²) in [6.45, 7) is 4.84. The third kappa shape index (κ3) is 3.26. The van der Waals surface area contributed by atoms with Crippen LogP contribution in [0.25, 0.3) is 0 Å². The second-order valence-corrected chi connectivity index (χ2v) is 6.49. The first-order chi connectivity index (χ1) is 11.1. The van der Waals surface area contributed by atoms with Gasteiger partial charge in [0.15, 0.2) is 0 Å². The molecule has 0 saturated carbocycles. The molecular weight excluding hydrogens is 306 g/mol. The van der Waals surface area contributed by atoms with Crippen LogP contribution in [0.1, 0.15) is 35.6 Å². The average Bonchev–Trinajstić information content (AvgIpc) is 2.94. The third-order valence-corrected chi connectivity index (χ3v) is 4.63. The Kier molecular flexibility index (Phi) is 4.69. The van der Waals surface area contributed by atoms with Crippen LogP contribution in [0.15, 0.2) is 47.6 Å². The Bertz CT molecular complexity index is 739. The molecule has 2 aromatic rings. The standard InChI is InChI=1S/C19H22ClN3/c1-13-7-8-14(2)18(11-13)23-19(12-15(22-23)9-10-21)16-5-3-4-6-17(16)20/h3-8,11,19H,9-10,12,21H2,1-2H3. The Balaban J connectivity index is 2.05. The van der Waals surface area contributed by atoms with Gasteiger partial charge in [0.05, 0.1) is 11.7 Å². The van der Waals surface area contributed by atoms with E-state index in [1.54, 1.807) is 0 Å². The summed E-state index contributed by atoms with van der Waals surface area (Å²) < 4.78 is 0. The van der Waals surface area contributed by atoms with E-state index >= 15 is 0 Å². The molecule has 0 spiro atoms. The first-order valence-corrected chi connectivity index (χ1v) is 8.35. The summed E-state index contributed by atoms with van der Waals surface area (Å²) in [4.78, 5) is 0. The second-order valence-electron chi connectivity index (χ2n) is 6.08. The van der Waals surface area contributed by atoms with Crippen LogP contribution in [-0.4, -0.2) is 12.3 Å². The van der Waals surface area contributed by atoms with Crippen molar-refractivity contribution in [3.63, 3.8) is 0 Å². The lowest BCUT2D eigenvalue weighted by Gasteiger charge is -2.26. The number of rotatable bonds is 4.